The summed E-state index contributed by atoms with van der Waals surface area (Å²) in [5, 5.41) is 8.71. The van der Waals surface area contributed by atoms with E-state index in [4.69, 9.17) is 5.11 Å². The molecular weight excluding hydrogens is 184 g/mol. The molecule has 1 unspecified atom stereocenters. The van der Waals surface area contributed by atoms with Crippen LogP contribution in [0, 0.1) is 5.92 Å². The maximum absolute atomic E-state index is 11.3. The standard InChI is InChI=1S/C9H16N2O3/c1-7(9(13)14)5-11-4-3-10(2)8(12)6-11/h7H,3-6H2,1-2H3,(H,13,14). The Hall–Kier alpha value is -1.10. The Kier molecular flexibility index (Phi) is 3.46. The Morgan fingerprint density at radius 2 is 2.21 bits per heavy atom. The Balaban J connectivity index is 2.40. The van der Waals surface area contributed by atoms with Crippen molar-refractivity contribution < 1.29 is 14.7 Å². The van der Waals surface area contributed by atoms with Crippen molar-refractivity contribution >= 4 is 11.9 Å². The quantitative estimate of drug-likeness (QED) is 0.666. The van der Waals surface area contributed by atoms with Crippen LogP contribution in [0.25, 0.3) is 0 Å². The lowest BCUT2D eigenvalue weighted by molar-refractivity contribution is -0.143. The van der Waals surface area contributed by atoms with Crippen molar-refractivity contribution in [1.29, 1.82) is 0 Å². The van der Waals surface area contributed by atoms with E-state index in [1.165, 1.54) is 0 Å². The summed E-state index contributed by atoms with van der Waals surface area (Å²) in [7, 11) is 1.76. The summed E-state index contributed by atoms with van der Waals surface area (Å²) in [5.41, 5.74) is 0. The molecule has 5 heteroatoms. The lowest BCUT2D eigenvalue weighted by Gasteiger charge is -2.32. The van der Waals surface area contributed by atoms with E-state index in [9.17, 15) is 9.59 Å². The maximum atomic E-state index is 11.3. The number of hydrogen-bond donors (Lipinski definition) is 1. The molecule has 1 rings (SSSR count). The lowest BCUT2D eigenvalue weighted by atomic mass is 10.1. The molecule has 1 aliphatic rings. The largest absolute Gasteiger partial charge is 0.481 e. The summed E-state index contributed by atoms with van der Waals surface area (Å²) in [6, 6.07) is 0. The van der Waals surface area contributed by atoms with E-state index in [-0.39, 0.29) is 5.91 Å². The molecule has 0 radical (unpaired) electrons. The fraction of sp³-hybridized carbons (Fsp3) is 0.778. The number of amides is 1. The first-order chi connectivity index (χ1) is 6.50. The molecule has 5 nitrogen and oxygen atoms in total. The van der Waals surface area contributed by atoms with E-state index in [2.05, 4.69) is 0 Å². The summed E-state index contributed by atoms with van der Waals surface area (Å²) in [5.74, 6) is -1.16. The molecule has 1 aliphatic heterocycles. The zero-order valence-corrected chi connectivity index (χ0v) is 8.56. The van der Waals surface area contributed by atoms with Gasteiger partial charge in [0.05, 0.1) is 12.5 Å². The smallest absolute Gasteiger partial charge is 0.307 e. The van der Waals surface area contributed by atoms with Crippen molar-refractivity contribution in [3.8, 4) is 0 Å². The Labute approximate surface area is 83.3 Å². The predicted molar refractivity (Wildman–Crippen MR) is 50.9 cm³/mol. The first-order valence-corrected chi connectivity index (χ1v) is 4.70. The van der Waals surface area contributed by atoms with Gasteiger partial charge in [0, 0.05) is 26.7 Å². The molecule has 1 saturated heterocycles. The Morgan fingerprint density at radius 3 is 2.71 bits per heavy atom. The Morgan fingerprint density at radius 1 is 1.57 bits per heavy atom. The van der Waals surface area contributed by atoms with E-state index in [1.54, 1.807) is 18.9 Å². The number of rotatable bonds is 3. The lowest BCUT2D eigenvalue weighted by Crippen LogP contribution is -2.50. The van der Waals surface area contributed by atoms with Gasteiger partial charge in [-0.15, -0.1) is 0 Å². The zero-order valence-electron chi connectivity index (χ0n) is 8.56. The summed E-state index contributed by atoms with van der Waals surface area (Å²) >= 11 is 0. The van der Waals surface area contributed by atoms with E-state index in [0.29, 0.717) is 19.6 Å². The van der Waals surface area contributed by atoms with Gasteiger partial charge in [-0.3, -0.25) is 14.5 Å². The highest BCUT2D eigenvalue weighted by Crippen LogP contribution is 2.05. The molecular formula is C9H16N2O3. The number of carboxylic acids is 1. The van der Waals surface area contributed by atoms with Gasteiger partial charge in [-0.25, -0.2) is 0 Å². The van der Waals surface area contributed by atoms with Crippen LogP contribution in [0.5, 0.6) is 0 Å². The molecule has 0 bridgehead atoms. The number of carboxylic acid groups (broad SMARTS) is 1. The molecule has 80 valence electrons. The second kappa shape index (κ2) is 4.41. The molecule has 0 aromatic carbocycles. The van der Waals surface area contributed by atoms with Crippen LogP contribution in [0.1, 0.15) is 6.92 Å². The molecule has 1 heterocycles. The third-order valence-corrected chi connectivity index (χ3v) is 2.49. The van der Waals surface area contributed by atoms with Crippen molar-refractivity contribution in [2.24, 2.45) is 5.92 Å². The number of likely N-dealkylation sites (N-methyl/N-ethyl adjacent to an activating group) is 1. The molecule has 1 atom stereocenters. The van der Waals surface area contributed by atoms with Crippen LogP contribution in [-0.2, 0) is 9.59 Å². The van der Waals surface area contributed by atoms with Crippen molar-refractivity contribution in [3.63, 3.8) is 0 Å². The van der Waals surface area contributed by atoms with Crippen molar-refractivity contribution in [2.45, 2.75) is 6.92 Å². The first-order valence-electron chi connectivity index (χ1n) is 4.70. The summed E-state index contributed by atoms with van der Waals surface area (Å²) in [4.78, 5) is 25.4. The number of nitrogens with zero attached hydrogens (tertiary/aromatic N) is 2. The summed E-state index contributed by atoms with van der Waals surface area (Å²) < 4.78 is 0. The first kappa shape index (κ1) is 11.0. The van der Waals surface area contributed by atoms with Gasteiger partial charge >= 0.3 is 5.97 Å². The van der Waals surface area contributed by atoms with Crippen LogP contribution in [-0.4, -0.2) is 60.0 Å². The van der Waals surface area contributed by atoms with E-state index >= 15 is 0 Å². The Bertz CT molecular complexity index is 242. The van der Waals surface area contributed by atoms with Crippen molar-refractivity contribution in [3.05, 3.63) is 0 Å². The second-order valence-corrected chi connectivity index (χ2v) is 3.79. The molecule has 1 amide bonds. The van der Waals surface area contributed by atoms with Gasteiger partial charge in [-0.1, -0.05) is 6.92 Å². The van der Waals surface area contributed by atoms with Crippen LogP contribution in [0.15, 0.2) is 0 Å². The highest BCUT2D eigenvalue weighted by Gasteiger charge is 2.23. The molecule has 0 aromatic rings. The SMILES string of the molecule is CC(CN1CCN(C)C(=O)C1)C(=O)O. The topological polar surface area (TPSA) is 60.9 Å². The number of carbonyl (C=O) groups excluding carboxylic acids is 1. The minimum Gasteiger partial charge on any atom is -0.481 e. The molecule has 0 saturated carbocycles. The normalized spacial score (nSPS) is 21.0. The predicted octanol–water partition coefficient (Wildman–Crippen LogP) is -0.519. The minimum absolute atomic E-state index is 0.0637. The molecule has 14 heavy (non-hydrogen) atoms. The highest BCUT2D eigenvalue weighted by molar-refractivity contribution is 5.78. The monoisotopic (exact) mass is 200 g/mol. The summed E-state index contributed by atoms with van der Waals surface area (Å²) in [6.45, 7) is 3.90. The van der Waals surface area contributed by atoms with E-state index < -0.39 is 11.9 Å². The van der Waals surface area contributed by atoms with Crippen molar-refractivity contribution in [1.82, 2.24) is 9.80 Å². The fourth-order valence-electron chi connectivity index (χ4n) is 1.43. The van der Waals surface area contributed by atoms with Crippen LogP contribution >= 0.6 is 0 Å². The molecule has 1 N–H and O–H groups in total. The van der Waals surface area contributed by atoms with Gasteiger partial charge in [0.15, 0.2) is 0 Å². The third-order valence-electron chi connectivity index (χ3n) is 2.49. The van der Waals surface area contributed by atoms with Gasteiger partial charge in [-0.2, -0.15) is 0 Å². The second-order valence-electron chi connectivity index (χ2n) is 3.79. The van der Waals surface area contributed by atoms with Gasteiger partial charge < -0.3 is 10.0 Å². The van der Waals surface area contributed by atoms with E-state index in [0.717, 1.165) is 6.54 Å². The maximum Gasteiger partial charge on any atom is 0.307 e. The van der Waals surface area contributed by atoms with Gasteiger partial charge in [0.25, 0.3) is 0 Å². The van der Waals surface area contributed by atoms with Crippen molar-refractivity contribution in [2.75, 3.05) is 33.2 Å². The average Bonchev–Trinajstić information content (AvgIpc) is 2.11. The fourth-order valence-corrected chi connectivity index (χ4v) is 1.43. The molecule has 0 aromatic heterocycles. The molecule has 0 spiro atoms. The highest BCUT2D eigenvalue weighted by atomic mass is 16.4. The van der Waals surface area contributed by atoms with Crippen LogP contribution in [0.2, 0.25) is 0 Å². The van der Waals surface area contributed by atoms with E-state index in [1.807, 2.05) is 4.90 Å². The molecule has 1 fully saturated rings. The number of carbonyl (C=O) groups is 2. The van der Waals surface area contributed by atoms with Crippen LogP contribution in [0.3, 0.4) is 0 Å². The van der Waals surface area contributed by atoms with Gasteiger partial charge in [-0.05, 0) is 0 Å². The van der Waals surface area contributed by atoms with Crippen LogP contribution < -0.4 is 0 Å². The number of piperazine rings is 1. The average molecular weight is 200 g/mol. The number of aliphatic carboxylic acids is 1. The number of hydrogen-bond acceptors (Lipinski definition) is 3. The zero-order chi connectivity index (χ0) is 10.7. The third kappa shape index (κ3) is 2.70. The van der Waals surface area contributed by atoms with Gasteiger partial charge in [0.2, 0.25) is 5.91 Å². The summed E-state index contributed by atoms with van der Waals surface area (Å²) in [6.07, 6.45) is 0. The minimum atomic E-state index is -0.809. The van der Waals surface area contributed by atoms with Crippen LogP contribution in [0.4, 0.5) is 0 Å². The van der Waals surface area contributed by atoms with Gasteiger partial charge in [0.1, 0.15) is 0 Å². The molecule has 0 aliphatic carbocycles.